The van der Waals surface area contributed by atoms with Crippen molar-refractivity contribution in [2.45, 2.75) is 117 Å². The maximum absolute atomic E-state index is 6.76. The standard InChI is InChI=1S/C21H40I2N2/c1-5-18(13-9-11-16(24)20(18,22)7-3)15-19(6-2)14-10-12-17(25)21(19,23)8-4/h16-17H,5-15,24-25H2,1-4H3. The Morgan fingerprint density at radius 2 is 1.08 bits per heavy atom. The van der Waals surface area contributed by atoms with Gasteiger partial charge in [-0.25, -0.2) is 0 Å². The number of nitrogens with two attached hydrogens (primary N) is 2. The lowest BCUT2D eigenvalue weighted by molar-refractivity contribution is -0.00548. The van der Waals surface area contributed by atoms with Crippen LogP contribution in [0.15, 0.2) is 0 Å². The van der Waals surface area contributed by atoms with Crippen LogP contribution < -0.4 is 11.5 Å². The quantitative estimate of drug-likeness (QED) is 0.287. The Bertz CT molecular complexity index is 419. The van der Waals surface area contributed by atoms with Crippen molar-refractivity contribution in [3.63, 3.8) is 0 Å². The lowest BCUT2D eigenvalue weighted by atomic mass is 9.50. The third kappa shape index (κ3) is 3.45. The predicted octanol–water partition coefficient (Wildman–Crippen LogP) is 6.36. The van der Waals surface area contributed by atoms with Crippen LogP contribution in [-0.4, -0.2) is 18.9 Å². The van der Waals surface area contributed by atoms with E-state index in [1.165, 1.54) is 70.6 Å². The Morgan fingerprint density at radius 3 is 1.36 bits per heavy atom. The zero-order valence-electron chi connectivity index (χ0n) is 16.8. The van der Waals surface area contributed by atoms with Gasteiger partial charge in [-0.05, 0) is 68.6 Å². The first-order chi connectivity index (χ1) is 11.7. The minimum atomic E-state index is 0.229. The van der Waals surface area contributed by atoms with Crippen molar-refractivity contribution in [2.75, 3.05) is 0 Å². The monoisotopic (exact) mass is 574 g/mol. The fourth-order valence-electron chi connectivity index (χ4n) is 6.56. The molecule has 2 fully saturated rings. The first kappa shape index (κ1) is 22.7. The number of alkyl halides is 2. The fraction of sp³-hybridized carbons (Fsp3) is 1.00. The zero-order valence-corrected chi connectivity index (χ0v) is 21.2. The van der Waals surface area contributed by atoms with E-state index in [2.05, 4.69) is 72.9 Å². The van der Waals surface area contributed by atoms with Crippen LogP contribution >= 0.6 is 45.2 Å². The number of hydrogen-bond acceptors (Lipinski definition) is 2. The average molecular weight is 574 g/mol. The van der Waals surface area contributed by atoms with E-state index in [4.69, 9.17) is 11.5 Å². The maximum Gasteiger partial charge on any atom is 0.0426 e. The fourth-order valence-corrected chi connectivity index (χ4v) is 8.87. The highest BCUT2D eigenvalue weighted by Crippen LogP contribution is 2.65. The van der Waals surface area contributed by atoms with Gasteiger partial charge in [0.15, 0.2) is 0 Å². The molecule has 0 amide bonds. The van der Waals surface area contributed by atoms with Crippen LogP contribution in [0.25, 0.3) is 0 Å². The minimum absolute atomic E-state index is 0.229. The molecule has 4 heteroatoms. The summed E-state index contributed by atoms with van der Waals surface area (Å²) >= 11 is 5.57. The van der Waals surface area contributed by atoms with Gasteiger partial charge in [0.05, 0.1) is 0 Å². The molecule has 0 heterocycles. The van der Waals surface area contributed by atoms with Gasteiger partial charge in [-0.15, -0.1) is 0 Å². The van der Waals surface area contributed by atoms with Crippen LogP contribution in [0.1, 0.15) is 98.3 Å². The molecule has 0 bridgehead atoms. The molecule has 2 aliphatic rings. The Hall–Kier alpha value is 1.38. The molecule has 0 aromatic carbocycles. The molecule has 0 aromatic rings. The van der Waals surface area contributed by atoms with Crippen molar-refractivity contribution in [1.29, 1.82) is 0 Å². The second-order valence-corrected chi connectivity index (χ2v) is 12.7. The van der Waals surface area contributed by atoms with Gasteiger partial charge in [-0.2, -0.15) is 0 Å². The molecule has 0 radical (unpaired) electrons. The van der Waals surface area contributed by atoms with Crippen LogP contribution in [0.2, 0.25) is 0 Å². The summed E-state index contributed by atoms with van der Waals surface area (Å²) in [7, 11) is 0. The molecular formula is C21H40I2N2. The summed E-state index contributed by atoms with van der Waals surface area (Å²) in [6, 6.07) is 0.673. The van der Waals surface area contributed by atoms with E-state index in [1.807, 2.05) is 0 Å². The lowest BCUT2D eigenvalue weighted by Gasteiger charge is -2.62. The van der Waals surface area contributed by atoms with Gasteiger partial charge in [0.25, 0.3) is 0 Å². The molecule has 25 heavy (non-hydrogen) atoms. The zero-order chi connectivity index (χ0) is 18.9. The van der Waals surface area contributed by atoms with Gasteiger partial charge in [0.1, 0.15) is 0 Å². The molecule has 0 aliphatic heterocycles. The molecule has 2 aliphatic carbocycles. The second-order valence-electron chi connectivity index (χ2n) is 8.87. The van der Waals surface area contributed by atoms with Gasteiger partial charge >= 0.3 is 0 Å². The highest BCUT2D eigenvalue weighted by Gasteiger charge is 2.60. The third-order valence-corrected chi connectivity index (χ3v) is 13.8. The SMILES string of the molecule is CCC1(CC2(CC)CCCC(N)C2(I)CC)CCCC(N)C1(I)CC. The highest BCUT2D eigenvalue weighted by atomic mass is 127. The Morgan fingerprint density at radius 1 is 0.720 bits per heavy atom. The van der Waals surface area contributed by atoms with E-state index in [0.717, 1.165) is 0 Å². The van der Waals surface area contributed by atoms with E-state index < -0.39 is 0 Å². The van der Waals surface area contributed by atoms with Crippen molar-refractivity contribution in [3.05, 3.63) is 0 Å². The summed E-state index contributed by atoms with van der Waals surface area (Å²) in [5.41, 5.74) is 14.2. The minimum Gasteiger partial charge on any atom is -0.326 e. The number of rotatable bonds is 6. The molecule has 0 spiro atoms. The van der Waals surface area contributed by atoms with Crippen LogP contribution in [0, 0.1) is 10.8 Å². The number of hydrogen-bond donors (Lipinski definition) is 2. The van der Waals surface area contributed by atoms with Crippen molar-refractivity contribution in [3.8, 4) is 0 Å². The van der Waals surface area contributed by atoms with E-state index in [0.29, 0.717) is 22.9 Å². The summed E-state index contributed by atoms with van der Waals surface area (Å²) in [5, 5.41) is 0. The van der Waals surface area contributed by atoms with E-state index >= 15 is 0 Å². The van der Waals surface area contributed by atoms with Crippen LogP contribution in [-0.2, 0) is 0 Å². The Labute approximate surface area is 183 Å². The lowest BCUT2D eigenvalue weighted by Crippen LogP contribution is -2.63. The number of halogens is 2. The predicted molar refractivity (Wildman–Crippen MR) is 128 cm³/mol. The molecule has 6 unspecified atom stereocenters. The molecule has 2 saturated carbocycles. The van der Waals surface area contributed by atoms with Crippen molar-refractivity contribution in [1.82, 2.24) is 0 Å². The summed E-state index contributed by atoms with van der Waals surface area (Å²) in [6.45, 7) is 9.58. The van der Waals surface area contributed by atoms with Gasteiger partial charge in [0, 0.05) is 18.9 Å². The molecule has 2 nitrogen and oxygen atoms in total. The van der Waals surface area contributed by atoms with Gasteiger partial charge in [-0.1, -0.05) is 85.7 Å². The molecule has 0 aromatic heterocycles. The topological polar surface area (TPSA) is 52.0 Å². The van der Waals surface area contributed by atoms with E-state index in [9.17, 15) is 0 Å². The molecular weight excluding hydrogens is 534 g/mol. The van der Waals surface area contributed by atoms with Crippen molar-refractivity contribution < 1.29 is 0 Å². The van der Waals surface area contributed by atoms with Crippen molar-refractivity contribution >= 4 is 45.2 Å². The van der Waals surface area contributed by atoms with Crippen LogP contribution in [0.4, 0.5) is 0 Å². The van der Waals surface area contributed by atoms with Gasteiger partial charge in [-0.3, -0.25) is 0 Å². The molecule has 6 atom stereocenters. The molecule has 4 N–H and O–H groups in total. The summed E-state index contributed by atoms with van der Waals surface area (Å²) in [4.78, 5) is 0. The smallest absolute Gasteiger partial charge is 0.0426 e. The normalized spacial score (nSPS) is 48.5. The molecule has 148 valence electrons. The first-order valence-electron chi connectivity index (χ1n) is 10.6. The average Bonchev–Trinajstić information content (AvgIpc) is 2.62. The third-order valence-electron chi connectivity index (χ3n) is 8.34. The van der Waals surface area contributed by atoms with Crippen LogP contribution in [0.5, 0.6) is 0 Å². The van der Waals surface area contributed by atoms with E-state index in [-0.39, 0.29) is 6.84 Å². The van der Waals surface area contributed by atoms with Gasteiger partial charge in [0.2, 0.25) is 0 Å². The summed E-state index contributed by atoms with van der Waals surface area (Å²) < 4.78 is 0.458. The summed E-state index contributed by atoms with van der Waals surface area (Å²) in [6.07, 6.45) is 13.9. The second kappa shape index (κ2) is 8.40. The Kier molecular flexibility index (Phi) is 7.62. The molecule has 2 rings (SSSR count). The Balaban J connectivity index is 2.50. The van der Waals surface area contributed by atoms with Gasteiger partial charge < -0.3 is 11.5 Å². The highest BCUT2D eigenvalue weighted by molar-refractivity contribution is 14.1. The van der Waals surface area contributed by atoms with Crippen molar-refractivity contribution in [2.24, 2.45) is 22.3 Å². The van der Waals surface area contributed by atoms with Crippen LogP contribution in [0.3, 0.4) is 0 Å². The maximum atomic E-state index is 6.76. The summed E-state index contributed by atoms with van der Waals surface area (Å²) in [5.74, 6) is 0. The molecule has 0 saturated heterocycles. The van der Waals surface area contributed by atoms with E-state index in [1.54, 1.807) is 0 Å². The largest absolute Gasteiger partial charge is 0.326 e. The first-order valence-corrected chi connectivity index (χ1v) is 12.8.